The first kappa shape index (κ1) is 20.9. The van der Waals surface area contributed by atoms with E-state index in [1.54, 1.807) is 0 Å². The molecule has 28 heavy (non-hydrogen) atoms. The Bertz CT molecular complexity index is 875. The van der Waals surface area contributed by atoms with Gasteiger partial charge in [0.15, 0.2) is 6.61 Å². The molecule has 9 heteroatoms. The van der Waals surface area contributed by atoms with Crippen molar-refractivity contribution in [3.05, 3.63) is 59.2 Å². The van der Waals surface area contributed by atoms with Crippen LogP contribution in [-0.2, 0) is 20.6 Å². The molecule has 2 aromatic rings. The number of alkyl halides is 3. The van der Waals surface area contributed by atoms with Crippen LogP contribution >= 0.6 is 0 Å². The SMILES string of the molecule is Cc1cccc(C)c1NC(=O)CO/N=C/C(=O)Nc1cccc(C(F)(F)F)c1. The minimum atomic E-state index is -4.51. The van der Waals surface area contributed by atoms with Gasteiger partial charge in [0, 0.05) is 11.4 Å². The molecule has 0 atom stereocenters. The molecule has 0 spiro atoms. The number of benzene rings is 2. The summed E-state index contributed by atoms with van der Waals surface area (Å²) in [4.78, 5) is 28.3. The highest BCUT2D eigenvalue weighted by Gasteiger charge is 2.30. The highest BCUT2D eigenvalue weighted by Crippen LogP contribution is 2.30. The standard InChI is InChI=1S/C19H18F3N3O3/c1-12-5-3-6-13(2)18(12)25-17(27)11-28-23-10-16(26)24-15-8-4-7-14(9-15)19(20,21)22/h3-10H,11H2,1-2H3,(H,24,26)(H,25,27)/b23-10+. The summed E-state index contributed by atoms with van der Waals surface area (Å²) < 4.78 is 37.9. The quantitative estimate of drug-likeness (QED) is 0.577. The summed E-state index contributed by atoms with van der Waals surface area (Å²) in [5.41, 5.74) is 1.51. The number of carbonyl (C=O) groups is 2. The first-order chi connectivity index (χ1) is 13.2. The third kappa shape index (κ3) is 6.11. The number of amides is 2. The van der Waals surface area contributed by atoms with Crippen molar-refractivity contribution in [1.29, 1.82) is 0 Å². The van der Waals surface area contributed by atoms with Crippen LogP contribution in [0.1, 0.15) is 16.7 Å². The molecular formula is C19H18F3N3O3. The summed E-state index contributed by atoms with van der Waals surface area (Å²) in [5, 5.41) is 8.26. The maximum atomic E-state index is 12.6. The van der Waals surface area contributed by atoms with Crippen LogP contribution in [-0.4, -0.2) is 24.6 Å². The number of nitrogens with zero attached hydrogens (tertiary/aromatic N) is 1. The van der Waals surface area contributed by atoms with Gasteiger partial charge >= 0.3 is 6.18 Å². The number of nitrogens with one attached hydrogen (secondary N) is 2. The number of hydrogen-bond donors (Lipinski definition) is 2. The average molecular weight is 393 g/mol. The lowest BCUT2D eigenvalue weighted by atomic mass is 10.1. The Balaban J connectivity index is 1.83. The van der Waals surface area contributed by atoms with E-state index in [2.05, 4.69) is 15.8 Å². The van der Waals surface area contributed by atoms with E-state index in [1.807, 2.05) is 32.0 Å². The predicted molar refractivity (Wildman–Crippen MR) is 99.1 cm³/mol. The normalized spacial score (nSPS) is 11.3. The van der Waals surface area contributed by atoms with E-state index >= 15 is 0 Å². The van der Waals surface area contributed by atoms with Gasteiger partial charge in [0.25, 0.3) is 11.8 Å². The molecule has 2 amide bonds. The van der Waals surface area contributed by atoms with Crippen molar-refractivity contribution >= 4 is 29.4 Å². The second-order valence-electron chi connectivity index (χ2n) is 5.89. The summed E-state index contributed by atoms with van der Waals surface area (Å²) in [6.45, 7) is 3.26. The Morgan fingerprint density at radius 2 is 1.71 bits per heavy atom. The van der Waals surface area contributed by atoms with E-state index in [-0.39, 0.29) is 5.69 Å². The monoisotopic (exact) mass is 393 g/mol. The summed E-state index contributed by atoms with van der Waals surface area (Å²) >= 11 is 0. The molecule has 0 aromatic heterocycles. The maximum absolute atomic E-state index is 12.6. The van der Waals surface area contributed by atoms with Crippen molar-refractivity contribution in [2.75, 3.05) is 17.2 Å². The number of halogens is 3. The van der Waals surface area contributed by atoms with Gasteiger partial charge in [-0.15, -0.1) is 0 Å². The summed E-state index contributed by atoms with van der Waals surface area (Å²) in [5.74, 6) is -1.26. The van der Waals surface area contributed by atoms with E-state index in [9.17, 15) is 22.8 Å². The molecule has 0 saturated carbocycles. The van der Waals surface area contributed by atoms with Crippen molar-refractivity contribution in [2.45, 2.75) is 20.0 Å². The zero-order valence-electron chi connectivity index (χ0n) is 15.1. The van der Waals surface area contributed by atoms with Crippen molar-refractivity contribution in [3.8, 4) is 0 Å². The molecule has 0 aliphatic rings. The number of oxime groups is 1. The van der Waals surface area contributed by atoms with E-state index in [0.717, 1.165) is 29.5 Å². The average Bonchev–Trinajstić information content (AvgIpc) is 2.61. The zero-order chi connectivity index (χ0) is 20.7. The number of para-hydroxylation sites is 1. The molecule has 0 unspecified atom stereocenters. The van der Waals surface area contributed by atoms with E-state index < -0.39 is 30.2 Å². The summed E-state index contributed by atoms with van der Waals surface area (Å²) in [6, 6.07) is 9.72. The van der Waals surface area contributed by atoms with Crippen molar-refractivity contribution in [3.63, 3.8) is 0 Å². The van der Waals surface area contributed by atoms with Crippen molar-refractivity contribution in [2.24, 2.45) is 5.16 Å². The molecule has 0 heterocycles. The summed E-state index contributed by atoms with van der Waals surface area (Å²) in [7, 11) is 0. The fraction of sp³-hybridized carbons (Fsp3) is 0.211. The van der Waals surface area contributed by atoms with Crippen LogP contribution in [0.3, 0.4) is 0 Å². The van der Waals surface area contributed by atoms with Gasteiger partial charge in [-0.1, -0.05) is 29.4 Å². The lowest BCUT2D eigenvalue weighted by Gasteiger charge is -2.10. The van der Waals surface area contributed by atoms with E-state index in [0.29, 0.717) is 5.69 Å². The fourth-order valence-electron chi connectivity index (χ4n) is 2.32. The number of rotatable bonds is 6. The van der Waals surface area contributed by atoms with Crippen LogP contribution in [0.15, 0.2) is 47.6 Å². The third-order valence-corrected chi connectivity index (χ3v) is 3.64. The second-order valence-corrected chi connectivity index (χ2v) is 5.89. The second kappa shape index (κ2) is 9.03. The molecule has 2 aromatic carbocycles. The van der Waals surface area contributed by atoms with Gasteiger partial charge in [-0.2, -0.15) is 13.2 Å². The van der Waals surface area contributed by atoms with Gasteiger partial charge in [-0.05, 0) is 43.2 Å². The molecule has 0 fully saturated rings. The van der Waals surface area contributed by atoms with Gasteiger partial charge < -0.3 is 15.5 Å². The zero-order valence-corrected chi connectivity index (χ0v) is 15.1. The molecular weight excluding hydrogens is 375 g/mol. The summed E-state index contributed by atoms with van der Waals surface area (Å²) in [6.07, 6.45) is -3.78. The van der Waals surface area contributed by atoms with Crippen LogP contribution < -0.4 is 10.6 Å². The molecule has 148 valence electrons. The van der Waals surface area contributed by atoms with Gasteiger partial charge in [-0.25, -0.2) is 0 Å². The Morgan fingerprint density at radius 1 is 1.07 bits per heavy atom. The predicted octanol–water partition coefficient (Wildman–Crippen LogP) is 3.90. The van der Waals surface area contributed by atoms with Gasteiger partial charge in [0.1, 0.15) is 6.21 Å². The highest BCUT2D eigenvalue weighted by molar-refractivity contribution is 6.31. The number of carbonyl (C=O) groups excluding carboxylic acids is 2. The first-order valence-corrected chi connectivity index (χ1v) is 8.16. The molecule has 0 bridgehead atoms. The van der Waals surface area contributed by atoms with Gasteiger partial charge in [0.05, 0.1) is 5.56 Å². The lowest BCUT2D eigenvalue weighted by Crippen LogP contribution is -2.19. The topological polar surface area (TPSA) is 79.8 Å². The van der Waals surface area contributed by atoms with Crippen molar-refractivity contribution < 1.29 is 27.6 Å². The molecule has 0 saturated heterocycles. The van der Waals surface area contributed by atoms with Crippen LogP contribution in [0.5, 0.6) is 0 Å². The Kier molecular flexibility index (Phi) is 6.75. The number of aryl methyl sites for hydroxylation is 2. The van der Waals surface area contributed by atoms with E-state index in [4.69, 9.17) is 4.84 Å². The first-order valence-electron chi connectivity index (χ1n) is 8.16. The van der Waals surface area contributed by atoms with E-state index in [1.165, 1.54) is 12.1 Å². The largest absolute Gasteiger partial charge is 0.416 e. The van der Waals surface area contributed by atoms with Crippen LogP contribution in [0, 0.1) is 13.8 Å². The molecule has 2 rings (SSSR count). The lowest BCUT2D eigenvalue weighted by molar-refractivity contribution is -0.137. The number of hydrogen-bond acceptors (Lipinski definition) is 4. The Morgan fingerprint density at radius 3 is 2.36 bits per heavy atom. The minimum absolute atomic E-state index is 0.0425. The maximum Gasteiger partial charge on any atom is 0.416 e. The van der Waals surface area contributed by atoms with Crippen LogP contribution in [0.25, 0.3) is 0 Å². The Labute approximate surface area is 159 Å². The van der Waals surface area contributed by atoms with Crippen LogP contribution in [0.2, 0.25) is 0 Å². The Hall–Kier alpha value is -3.36. The molecule has 0 aliphatic heterocycles. The molecule has 2 N–H and O–H groups in total. The molecule has 6 nitrogen and oxygen atoms in total. The number of anilines is 2. The molecule has 0 radical (unpaired) electrons. The molecule has 0 aliphatic carbocycles. The minimum Gasteiger partial charge on any atom is -0.385 e. The van der Waals surface area contributed by atoms with Gasteiger partial charge in [0.2, 0.25) is 0 Å². The third-order valence-electron chi connectivity index (χ3n) is 3.64. The fourth-order valence-corrected chi connectivity index (χ4v) is 2.32. The van der Waals surface area contributed by atoms with Crippen LogP contribution in [0.4, 0.5) is 24.5 Å². The van der Waals surface area contributed by atoms with Crippen molar-refractivity contribution in [1.82, 2.24) is 0 Å². The highest BCUT2D eigenvalue weighted by atomic mass is 19.4. The van der Waals surface area contributed by atoms with Gasteiger partial charge in [-0.3, -0.25) is 9.59 Å². The smallest absolute Gasteiger partial charge is 0.385 e.